The Morgan fingerprint density at radius 3 is 1.21 bits per heavy atom. The van der Waals surface area contributed by atoms with Crippen LogP contribution in [0.25, 0.3) is 32.7 Å². The van der Waals surface area contributed by atoms with E-state index in [0.29, 0.717) is 162 Å². The van der Waals surface area contributed by atoms with Crippen molar-refractivity contribution in [1.29, 1.82) is 0 Å². The number of nitrogens with zero attached hydrogens (tertiary/aromatic N) is 14. The van der Waals surface area contributed by atoms with Crippen LogP contribution in [0.1, 0.15) is 41.9 Å². The van der Waals surface area contributed by atoms with E-state index in [1.54, 1.807) is 98.5 Å². The number of likely N-dealkylation sites (N-methyl/N-ethyl adjacent to an activating group) is 1. The molecule has 0 bridgehead atoms. The summed E-state index contributed by atoms with van der Waals surface area (Å²) in [7, 11) is 7.62. The summed E-state index contributed by atoms with van der Waals surface area (Å²) in [6, 6.07) is 35.1. The van der Waals surface area contributed by atoms with Gasteiger partial charge >= 0.3 is 33.7 Å². The Bertz CT molecular complexity index is 4950. The fourth-order valence-corrected chi connectivity index (χ4v) is 14.8. The summed E-state index contributed by atoms with van der Waals surface area (Å²) in [5.74, 6) is -0.0909. The minimum Gasteiger partial charge on any atom is -0.459 e. The summed E-state index contributed by atoms with van der Waals surface area (Å²) in [5, 5.41) is 43.1. The lowest BCUT2D eigenvalue weighted by Crippen LogP contribution is -2.49. The molecule has 9 heterocycles. The van der Waals surface area contributed by atoms with E-state index in [-0.39, 0.29) is 47.1 Å². The van der Waals surface area contributed by atoms with Gasteiger partial charge in [-0.2, -0.15) is 0 Å². The largest absolute Gasteiger partial charge is 0.459 e. The van der Waals surface area contributed by atoms with Crippen LogP contribution in [0.2, 0.25) is 15.1 Å². The number of halogens is 3. The number of thiophene rings is 2. The molecular weight excluding hydrogens is 1420 g/mol. The third kappa shape index (κ3) is 16.0. The van der Waals surface area contributed by atoms with E-state index in [4.69, 9.17) is 39.2 Å². The lowest BCUT2D eigenvalue weighted by molar-refractivity contribution is -0.385. The van der Waals surface area contributed by atoms with Gasteiger partial charge in [0.1, 0.15) is 17.1 Å². The van der Waals surface area contributed by atoms with E-state index < -0.39 is 48.5 Å². The number of carbonyl (C=O) groups is 3. The lowest BCUT2D eigenvalue weighted by Gasteiger charge is -2.36. The predicted octanol–water partition coefficient (Wildman–Crippen LogP) is 10.9. The Morgan fingerprint density at radius 2 is 0.843 bits per heavy atom. The monoisotopic (exact) mass is 1480 g/mol. The van der Waals surface area contributed by atoms with E-state index in [9.17, 15) is 59.1 Å². The van der Waals surface area contributed by atoms with E-state index in [0.717, 1.165) is 12.1 Å². The number of amides is 3. The Morgan fingerprint density at radius 1 is 0.461 bits per heavy atom. The fourth-order valence-electron chi connectivity index (χ4n) is 12.9. The molecule has 3 saturated heterocycles. The number of aryl methyl sites for hydroxylation is 1. The van der Waals surface area contributed by atoms with Gasteiger partial charge in [-0.3, -0.25) is 63.7 Å². The number of hydrogen-bond donors (Lipinski definition) is 0. The molecule has 3 amide bonds. The van der Waals surface area contributed by atoms with Crippen molar-refractivity contribution in [2.75, 3.05) is 135 Å². The molecule has 0 N–H and O–H groups in total. The van der Waals surface area contributed by atoms with Gasteiger partial charge in [-0.25, -0.2) is 0 Å². The lowest BCUT2D eigenvalue weighted by atomic mass is 10.1. The number of pyridine rings is 3. The molecule has 13 rings (SSSR count). The number of carbonyl (C=O) groups excluding carboxylic acids is 3. The highest BCUT2D eigenvalue weighted by molar-refractivity contribution is 7.12. The van der Waals surface area contributed by atoms with Gasteiger partial charge < -0.3 is 52.8 Å². The highest BCUT2D eigenvalue weighted by atomic mass is 35.5. The number of nitro groups is 3. The fraction of sp³-hybridized carbons (Fsp3) is 0.314. The average molecular weight is 1490 g/mol. The molecule has 0 saturated carbocycles. The third-order valence-electron chi connectivity index (χ3n) is 17.9. The molecule has 0 atom stereocenters. The van der Waals surface area contributed by atoms with Crippen LogP contribution in [-0.2, 0) is 19.6 Å². The first-order chi connectivity index (χ1) is 49.0. The zero-order valence-electron chi connectivity index (χ0n) is 56.0. The van der Waals surface area contributed by atoms with Crippen molar-refractivity contribution in [3.05, 3.63) is 236 Å². The van der Waals surface area contributed by atoms with E-state index in [1.807, 2.05) is 101 Å². The molecule has 0 radical (unpaired) electrons. The number of rotatable bonds is 18. The highest BCUT2D eigenvalue weighted by Crippen LogP contribution is 2.40. The third-order valence-corrected chi connectivity index (χ3v) is 20.3. The van der Waals surface area contributed by atoms with Gasteiger partial charge in [-0.15, -0.1) is 22.7 Å². The summed E-state index contributed by atoms with van der Waals surface area (Å²) in [5.41, 5.74) is 0.0626. The minimum atomic E-state index is -0.666. The summed E-state index contributed by atoms with van der Waals surface area (Å²) >= 11 is 21.6. The molecule has 102 heavy (non-hydrogen) atoms. The molecule has 532 valence electrons. The molecule has 10 aromatic rings. The van der Waals surface area contributed by atoms with E-state index in [1.165, 1.54) is 42.6 Å². The molecule has 0 unspecified atom stereocenters. The maximum Gasteiger partial charge on any atom is 0.357 e. The summed E-state index contributed by atoms with van der Waals surface area (Å²) in [4.78, 5) is 129. The number of piperazine rings is 3. The van der Waals surface area contributed by atoms with Crippen molar-refractivity contribution in [2.24, 2.45) is 0 Å². The van der Waals surface area contributed by atoms with Crippen LogP contribution in [0.4, 0.5) is 34.1 Å². The van der Waals surface area contributed by atoms with Crippen molar-refractivity contribution >= 4 is 142 Å². The Kier molecular flexibility index (Phi) is 23.2. The molecule has 3 aliphatic heterocycles. The number of furan rings is 1. The highest BCUT2D eigenvalue weighted by Gasteiger charge is 2.37. The maximum absolute atomic E-state index is 13.5. The molecule has 4 aromatic carbocycles. The first-order valence-corrected chi connectivity index (χ1v) is 35.5. The molecular formula is C70H71Cl3N14O13S2. The second-order valence-corrected chi connectivity index (χ2v) is 28.1. The van der Waals surface area contributed by atoms with Crippen LogP contribution >= 0.6 is 57.5 Å². The van der Waals surface area contributed by atoms with Crippen molar-refractivity contribution in [2.45, 2.75) is 26.1 Å². The van der Waals surface area contributed by atoms with Gasteiger partial charge in [-0.05, 0) is 136 Å². The van der Waals surface area contributed by atoms with E-state index >= 15 is 0 Å². The number of anilines is 3. The SMILES string of the molecule is CN(C)CCCn1c(=O)c([N+](=O)[O-])c(N2CCN(C(=O)c3ccco3)CC2)c2cc(Cl)ccc21.CN(C)CCn1c(=O)c([N+](=O)[O-])c(N2CCN(C(=O)c3cccs3)CC2)c2cc(Cl)ccc21.O=C(c1cccs1)N1CCN(c2c([N+](=O)[O-])c(=O)n(Cc3ccccc3)c3ccc(Cl)cc23)CC1. The Hall–Kier alpha value is -10.0. The normalized spacial score (nSPS) is 14.1. The first-order valence-electron chi connectivity index (χ1n) is 32.6. The number of aromatic nitrogens is 3. The maximum atomic E-state index is 13.5. The topological polar surface area (TPSA) is 286 Å². The first kappa shape index (κ1) is 73.2. The second-order valence-electron chi connectivity index (χ2n) is 24.9. The zero-order valence-corrected chi connectivity index (χ0v) is 59.9. The Labute approximate surface area is 606 Å². The molecule has 0 aliphatic carbocycles. The molecule has 3 fully saturated rings. The average Bonchev–Trinajstić information content (AvgIpc) is 0.835. The standard InChI is InChI=1S/C25H21ClN4O4S.C23H26ClN5O5.C22H24ClN5O4S/c26-18-8-9-20-19(15-18)22(27-10-12-28(13-11-27)24(31)21-7-4-14-35-21)23(30(33)34)25(32)29(20)16-17-5-2-1-3-6-17;1-25(2)8-4-9-28-18-7-6-16(24)15-17(18)20(21(23(28)31)29(32)33)26-10-12-27(13-11-26)22(30)19-5-3-14-34-19;1-24(2)7-12-27-17-6-5-15(23)14-16(17)19(20(22(27)30)28(31)32)25-8-10-26(11-9-25)21(29)18-4-3-13-33-18/h1-9,14-15H,10-13,16H2;3,5-7,14-15H,4,8-13H2,1-2H3;3-6,13-14H,7-12H2,1-2H3. The van der Waals surface area contributed by atoms with Crippen LogP contribution in [0.5, 0.6) is 0 Å². The van der Waals surface area contributed by atoms with Gasteiger partial charge in [-0.1, -0.05) is 77.3 Å². The van der Waals surface area contributed by atoms with Crippen LogP contribution in [0, 0.1) is 30.3 Å². The smallest absolute Gasteiger partial charge is 0.357 e. The van der Waals surface area contributed by atoms with E-state index in [2.05, 4.69) is 0 Å². The summed E-state index contributed by atoms with van der Waals surface area (Å²) in [6.07, 6.45) is 2.10. The molecule has 6 aromatic heterocycles. The summed E-state index contributed by atoms with van der Waals surface area (Å²) in [6.45, 7) is 6.56. The van der Waals surface area contributed by atoms with Crippen LogP contribution < -0.4 is 31.4 Å². The summed E-state index contributed by atoms with van der Waals surface area (Å²) < 4.78 is 9.55. The number of hydrogen-bond acceptors (Lipinski definition) is 20. The quantitative estimate of drug-likeness (QED) is 0.0570. The van der Waals surface area contributed by atoms with Crippen LogP contribution in [0.15, 0.2) is 157 Å². The molecule has 27 nitrogen and oxygen atoms in total. The van der Waals surface area contributed by atoms with Gasteiger partial charge in [0.25, 0.3) is 17.7 Å². The van der Waals surface area contributed by atoms with Gasteiger partial charge in [0, 0.05) is 129 Å². The zero-order chi connectivity index (χ0) is 72.6. The van der Waals surface area contributed by atoms with Crippen LogP contribution in [-0.4, -0.2) is 191 Å². The Balaban J connectivity index is 0.000000154. The molecule has 32 heteroatoms. The van der Waals surface area contributed by atoms with Crippen LogP contribution in [0.3, 0.4) is 0 Å². The minimum absolute atomic E-state index is 0.0499. The van der Waals surface area contributed by atoms with Gasteiger partial charge in [0.05, 0.1) is 53.9 Å². The second kappa shape index (κ2) is 32.3. The van der Waals surface area contributed by atoms with Gasteiger partial charge in [0.2, 0.25) is 0 Å². The predicted molar refractivity (Wildman–Crippen MR) is 399 cm³/mol. The molecule has 0 spiro atoms. The van der Waals surface area contributed by atoms with Crippen molar-refractivity contribution in [3.63, 3.8) is 0 Å². The number of benzene rings is 4. The molecule has 3 aliphatic rings. The van der Waals surface area contributed by atoms with Crippen molar-refractivity contribution in [3.8, 4) is 0 Å². The van der Waals surface area contributed by atoms with Crippen molar-refractivity contribution in [1.82, 2.24) is 38.2 Å². The van der Waals surface area contributed by atoms with Crippen molar-refractivity contribution < 1.29 is 33.6 Å². The number of fused-ring (bicyclic) bond motifs is 3. The van der Waals surface area contributed by atoms with Gasteiger partial charge in [0.15, 0.2) is 5.76 Å².